The largest absolute Gasteiger partial charge is 0.366 e. The molecule has 0 aromatic heterocycles. The maximum Gasteiger partial charge on any atom is 0.253 e. The average molecular weight is 533 g/mol. The molecule has 0 atom stereocenters. The molecule has 1 aliphatic carbocycles. The summed E-state index contributed by atoms with van der Waals surface area (Å²) in [5.74, 6) is 0.198. The Labute approximate surface area is 229 Å². The number of anilines is 1. The molecule has 2 N–H and O–H groups in total. The van der Waals surface area contributed by atoms with Crippen molar-refractivity contribution in [2.75, 3.05) is 24.6 Å². The van der Waals surface area contributed by atoms with Gasteiger partial charge in [0.05, 0.1) is 12.1 Å². The number of benzene rings is 2. The maximum atomic E-state index is 13.2. The predicted molar refractivity (Wildman–Crippen MR) is 149 cm³/mol. The molecule has 0 bridgehead atoms. The van der Waals surface area contributed by atoms with Gasteiger partial charge in [-0.2, -0.15) is 5.10 Å². The lowest BCUT2D eigenvalue weighted by Crippen LogP contribution is -2.37. The van der Waals surface area contributed by atoms with Gasteiger partial charge in [0, 0.05) is 22.8 Å². The van der Waals surface area contributed by atoms with Crippen LogP contribution in [-0.2, 0) is 4.79 Å². The summed E-state index contributed by atoms with van der Waals surface area (Å²) in [5.41, 5.74) is 9.25. The molecule has 0 unspecified atom stereocenters. The molecule has 39 heavy (non-hydrogen) atoms. The normalized spacial score (nSPS) is 22.7. The summed E-state index contributed by atoms with van der Waals surface area (Å²) in [6, 6.07) is 11.3. The monoisotopic (exact) mass is 532 g/mol. The van der Waals surface area contributed by atoms with E-state index in [0.29, 0.717) is 29.2 Å². The molecule has 2 aromatic rings. The number of Topliss-reactive ketones (excluding diaryl/α,β-unsaturated/α-hetero) is 1. The molecule has 2 fully saturated rings. The highest BCUT2D eigenvalue weighted by Gasteiger charge is 2.30. The molecule has 3 aliphatic rings. The van der Waals surface area contributed by atoms with E-state index >= 15 is 0 Å². The molecule has 1 saturated carbocycles. The van der Waals surface area contributed by atoms with Gasteiger partial charge in [-0.1, -0.05) is 0 Å². The zero-order valence-corrected chi connectivity index (χ0v) is 22.6. The van der Waals surface area contributed by atoms with Crippen LogP contribution in [-0.4, -0.2) is 47.8 Å². The van der Waals surface area contributed by atoms with Crippen molar-refractivity contribution in [3.05, 3.63) is 65.0 Å². The molecule has 0 spiro atoms. The van der Waals surface area contributed by atoms with E-state index in [-0.39, 0.29) is 29.3 Å². The highest BCUT2D eigenvalue weighted by Crippen LogP contribution is 2.40. The second kappa shape index (κ2) is 11.8. The molecule has 2 aliphatic heterocycles. The van der Waals surface area contributed by atoms with Crippen molar-refractivity contribution < 1.29 is 18.8 Å². The van der Waals surface area contributed by atoms with E-state index in [1.165, 1.54) is 17.1 Å². The number of carbonyl (C=O) groups excluding carboxylic acids is 3. The number of ketones is 1. The van der Waals surface area contributed by atoms with Crippen molar-refractivity contribution in [1.82, 2.24) is 4.90 Å². The van der Waals surface area contributed by atoms with Gasteiger partial charge in [0.25, 0.3) is 5.91 Å². The zero-order chi connectivity index (χ0) is 27.5. The highest BCUT2D eigenvalue weighted by molar-refractivity contribution is 6.12. The molecule has 0 radical (unpaired) electrons. The molecule has 8 heteroatoms. The lowest BCUT2D eigenvalue weighted by Gasteiger charge is -2.34. The number of carbonyl (C=O) groups is 3. The highest BCUT2D eigenvalue weighted by atomic mass is 19.1. The SMILES string of the molecule is CC1=NN(c2ccc(C(N)=O)c(C3CCC(CCN4CCC(C(=O)c5ccc(F)cc5)CC4)CC3)c2)C(=O)C1. The van der Waals surface area contributed by atoms with Crippen molar-refractivity contribution in [1.29, 1.82) is 0 Å². The number of hydrazone groups is 1. The number of halogens is 1. The van der Waals surface area contributed by atoms with Gasteiger partial charge in [-0.05, 0) is 131 Å². The first kappa shape index (κ1) is 27.2. The topological polar surface area (TPSA) is 96.1 Å². The van der Waals surface area contributed by atoms with Crippen LogP contribution in [0.2, 0.25) is 0 Å². The number of hydrogen-bond donors (Lipinski definition) is 1. The number of likely N-dealkylation sites (tertiary alicyclic amines) is 1. The van der Waals surface area contributed by atoms with Crippen LogP contribution in [0.3, 0.4) is 0 Å². The average Bonchev–Trinajstić information content (AvgIpc) is 3.29. The van der Waals surface area contributed by atoms with Gasteiger partial charge in [0.15, 0.2) is 5.78 Å². The van der Waals surface area contributed by atoms with Crippen LogP contribution >= 0.6 is 0 Å². The zero-order valence-electron chi connectivity index (χ0n) is 22.6. The smallest absolute Gasteiger partial charge is 0.253 e. The second-order valence-corrected chi connectivity index (χ2v) is 11.3. The Hall–Kier alpha value is -3.39. The van der Waals surface area contributed by atoms with Gasteiger partial charge in [-0.25, -0.2) is 9.40 Å². The lowest BCUT2D eigenvalue weighted by molar-refractivity contribution is -0.116. The van der Waals surface area contributed by atoms with E-state index in [4.69, 9.17) is 5.73 Å². The first-order valence-electron chi connectivity index (χ1n) is 14.1. The van der Waals surface area contributed by atoms with Crippen molar-refractivity contribution in [3.8, 4) is 0 Å². The fourth-order valence-electron chi connectivity index (χ4n) is 6.40. The summed E-state index contributed by atoms with van der Waals surface area (Å²) in [6.07, 6.45) is 7.29. The first-order chi connectivity index (χ1) is 18.8. The van der Waals surface area contributed by atoms with Gasteiger partial charge >= 0.3 is 0 Å². The number of hydrogen-bond acceptors (Lipinski definition) is 5. The quantitative estimate of drug-likeness (QED) is 0.467. The summed E-state index contributed by atoms with van der Waals surface area (Å²) in [6.45, 7) is 4.70. The van der Waals surface area contributed by atoms with Crippen LogP contribution in [0.5, 0.6) is 0 Å². The van der Waals surface area contributed by atoms with Crippen molar-refractivity contribution in [3.63, 3.8) is 0 Å². The number of nitrogens with two attached hydrogens (primary N) is 1. The van der Waals surface area contributed by atoms with Crippen molar-refractivity contribution in [2.24, 2.45) is 22.7 Å². The second-order valence-electron chi connectivity index (χ2n) is 11.3. The lowest BCUT2D eigenvalue weighted by atomic mass is 9.76. The van der Waals surface area contributed by atoms with E-state index in [2.05, 4.69) is 10.0 Å². The van der Waals surface area contributed by atoms with Gasteiger partial charge in [-0.3, -0.25) is 14.4 Å². The number of amides is 2. The standard InChI is InChI=1S/C31H37FN4O3/c1-20-18-29(37)36(34-20)26-10-11-27(31(33)39)28(19-26)22-4-2-21(3-5-22)12-15-35-16-13-24(14-17-35)30(38)23-6-8-25(32)9-7-23/h6-11,19,21-22,24H,2-5,12-18H2,1H3,(H2,33,39). The number of nitrogens with zero attached hydrogens (tertiary/aromatic N) is 3. The molecule has 1 saturated heterocycles. The summed E-state index contributed by atoms with van der Waals surface area (Å²) < 4.78 is 13.2. The van der Waals surface area contributed by atoms with E-state index in [0.717, 1.165) is 75.9 Å². The number of piperidine rings is 1. The molecule has 7 nitrogen and oxygen atoms in total. The molecule has 2 amide bonds. The molecule has 2 heterocycles. The maximum absolute atomic E-state index is 13.2. The van der Waals surface area contributed by atoms with Gasteiger partial charge in [0.1, 0.15) is 5.82 Å². The fraction of sp³-hybridized carbons (Fsp3) is 0.484. The summed E-state index contributed by atoms with van der Waals surface area (Å²) >= 11 is 0. The first-order valence-corrected chi connectivity index (χ1v) is 14.1. The molecular formula is C31H37FN4O3. The van der Waals surface area contributed by atoms with Gasteiger partial charge < -0.3 is 10.6 Å². The Morgan fingerprint density at radius 3 is 2.31 bits per heavy atom. The van der Waals surface area contributed by atoms with Gasteiger partial charge in [0.2, 0.25) is 5.91 Å². The Kier molecular flexibility index (Phi) is 8.21. The summed E-state index contributed by atoms with van der Waals surface area (Å²) in [4.78, 5) is 39.8. The minimum absolute atomic E-state index is 0.0165. The van der Waals surface area contributed by atoms with Crippen LogP contribution in [0.25, 0.3) is 0 Å². The minimum atomic E-state index is -0.438. The van der Waals surface area contributed by atoms with E-state index < -0.39 is 5.91 Å². The Bertz CT molecular complexity index is 1260. The van der Waals surface area contributed by atoms with E-state index in [1.54, 1.807) is 24.3 Å². The molecule has 5 rings (SSSR count). The van der Waals surface area contributed by atoms with Crippen LogP contribution in [0, 0.1) is 17.7 Å². The fourth-order valence-corrected chi connectivity index (χ4v) is 6.40. The van der Waals surface area contributed by atoms with Gasteiger partial charge in [-0.15, -0.1) is 0 Å². The molecule has 206 valence electrons. The molecule has 2 aromatic carbocycles. The third-order valence-electron chi connectivity index (χ3n) is 8.69. The molecular weight excluding hydrogens is 495 g/mol. The van der Waals surface area contributed by atoms with Crippen LogP contribution in [0.4, 0.5) is 10.1 Å². The Morgan fingerprint density at radius 2 is 1.69 bits per heavy atom. The number of rotatable bonds is 8. The third kappa shape index (κ3) is 6.27. The van der Waals surface area contributed by atoms with Crippen LogP contribution in [0.1, 0.15) is 90.5 Å². The minimum Gasteiger partial charge on any atom is -0.366 e. The predicted octanol–water partition coefficient (Wildman–Crippen LogP) is 5.30. The summed E-state index contributed by atoms with van der Waals surface area (Å²) in [7, 11) is 0. The van der Waals surface area contributed by atoms with Crippen molar-refractivity contribution >= 4 is 29.0 Å². The Morgan fingerprint density at radius 1 is 1.00 bits per heavy atom. The summed E-state index contributed by atoms with van der Waals surface area (Å²) in [5, 5.41) is 5.80. The van der Waals surface area contributed by atoms with Crippen LogP contribution in [0.15, 0.2) is 47.6 Å². The third-order valence-corrected chi connectivity index (χ3v) is 8.69. The van der Waals surface area contributed by atoms with E-state index in [9.17, 15) is 18.8 Å². The van der Waals surface area contributed by atoms with E-state index in [1.807, 2.05) is 13.0 Å². The Balaban J connectivity index is 1.12. The van der Waals surface area contributed by atoms with Crippen LogP contribution < -0.4 is 10.7 Å². The number of primary amides is 1. The van der Waals surface area contributed by atoms with Crippen molar-refractivity contribution in [2.45, 2.75) is 64.2 Å².